The van der Waals surface area contributed by atoms with Crippen molar-refractivity contribution in [3.63, 3.8) is 0 Å². The van der Waals surface area contributed by atoms with Gasteiger partial charge in [0.2, 0.25) is 0 Å². The molecule has 0 spiro atoms. The summed E-state index contributed by atoms with van der Waals surface area (Å²) in [4.78, 5) is 33.1. The van der Waals surface area contributed by atoms with Crippen LogP contribution in [-0.4, -0.2) is 168 Å². The van der Waals surface area contributed by atoms with Crippen molar-refractivity contribution in [2.24, 2.45) is 35.5 Å². The van der Waals surface area contributed by atoms with E-state index < -0.39 is 30.7 Å². The number of β-amino-alcohol motifs (C(OH)–C–C–N with tert-alkyl or cyclic N) is 1. The van der Waals surface area contributed by atoms with E-state index in [0.29, 0.717) is 25.9 Å². The summed E-state index contributed by atoms with van der Waals surface area (Å²) in [6.07, 6.45) is 9.62. The lowest BCUT2D eigenvalue weighted by molar-refractivity contribution is -0.314. The normalized spacial score (nSPS) is 43.1. The number of carbonyl (C=O) groups excluding carboxylic acids is 2. The van der Waals surface area contributed by atoms with Gasteiger partial charge in [-0.15, -0.1) is 0 Å². The Labute approximate surface area is 364 Å². The first kappa shape index (κ1) is 47.2. The number of ether oxygens (including phenoxy) is 8. The topological polar surface area (TPSA) is 147 Å². The van der Waals surface area contributed by atoms with Gasteiger partial charge in [-0.05, 0) is 102 Å². The number of hydrogen-bond acceptors (Lipinski definition) is 14. The maximum atomic E-state index is 14.9. The average Bonchev–Trinajstić information content (AvgIpc) is 3.82. The molecule has 61 heavy (non-hydrogen) atoms. The highest BCUT2D eigenvalue weighted by Crippen LogP contribution is 2.54. The number of aliphatic hydroxyl groups excluding tert-OH is 1. The third-order valence-electron chi connectivity index (χ3n) is 15.3. The molecule has 7 rings (SSSR count). The Hall–Kier alpha value is -1.82. The molecule has 14 nitrogen and oxygen atoms in total. The van der Waals surface area contributed by atoms with Crippen LogP contribution < -0.4 is 5.32 Å². The maximum absolute atomic E-state index is 14.9. The number of esters is 1. The minimum atomic E-state index is -0.609. The standard InChI is InChI=1S/C47H77N3O11/c1-9-32-11-10-12-40(61-42-16-15-39(28(3)57-42)49(5)25-31(51)26-50-19-17-48-18-20-50)27(2)43(53)38-23-36-34(37(38)24-41(52)59-32)14-13-30-21-33(22-35(30)36)60-47-46(56-8)45(55-7)44(54-6)29(4)58-47/h13-14,23,27-37,39-40,42,44-48,51H,9-12,15-22,24-26H2,1-8H3/t27-,28-,29+,30-,31?,32+,33-,34-,35-,36-,37+,39+,40+,42+,44+,45-,46-,47?/m1/s1. The second-order valence-electron chi connectivity index (χ2n) is 19.2. The highest BCUT2D eigenvalue weighted by molar-refractivity contribution is 5.99. The summed E-state index contributed by atoms with van der Waals surface area (Å²) in [5, 5.41) is 14.3. The molecule has 0 aromatic carbocycles. The SMILES string of the molecule is CC[C@H]1CCC[C@H](O[C@H]2CC[C@H](N(C)CC(O)CN3CCNCC3)[C@@H](C)O2)[C@@H](C)C(=O)C2=C[C@@H]3[C@@H](C=C[C@@H]4C[C@@H](OC5O[C@@H](C)[C@H](OC)[C@@H](OC)[C@H]5OC)C[C@@H]34)[C@@H]2CC(=O)O1. The zero-order valence-electron chi connectivity index (χ0n) is 38.2. The molecule has 0 amide bonds. The number of methoxy groups -OCH3 is 3. The van der Waals surface area contributed by atoms with Gasteiger partial charge in [0.1, 0.15) is 24.4 Å². The van der Waals surface area contributed by atoms with E-state index in [9.17, 15) is 14.7 Å². The van der Waals surface area contributed by atoms with Gasteiger partial charge in [0.05, 0.1) is 36.9 Å². The van der Waals surface area contributed by atoms with E-state index in [1.165, 1.54) is 0 Å². The molecule has 1 saturated carbocycles. The molecule has 4 aliphatic heterocycles. The highest BCUT2D eigenvalue weighted by Gasteiger charge is 2.53. The molecular weight excluding hydrogens is 783 g/mol. The number of Topliss-reactive ketones (excluding diaryl/α,β-unsaturated/α-hetero) is 1. The molecule has 0 radical (unpaired) electrons. The van der Waals surface area contributed by atoms with Gasteiger partial charge < -0.3 is 48.3 Å². The summed E-state index contributed by atoms with van der Waals surface area (Å²) in [6.45, 7) is 13.2. The van der Waals surface area contributed by atoms with Gasteiger partial charge in [0, 0.05) is 78.5 Å². The van der Waals surface area contributed by atoms with Crippen LogP contribution in [0.2, 0.25) is 0 Å². The van der Waals surface area contributed by atoms with Crippen molar-refractivity contribution >= 4 is 11.8 Å². The Morgan fingerprint density at radius 1 is 0.902 bits per heavy atom. The molecule has 14 heteroatoms. The monoisotopic (exact) mass is 860 g/mol. The molecule has 0 aromatic rings. The zero-order chi connectivity index (χ0) is 43.4. The lowest BCUT2D eigenvalue weighted by atomic mass is 9.70. The molecule has 5 fully saturated rings. The number of rotatable bonds is 13. The fourth-order valence-electron chi connectivity index (χ4n) is 12.0. The van der Waals surface area contributed by atoms with Crippen molar-refractivity contribution in [2.45, 2.75) is 159 Å². The number of fused-ring (bicyclic) bond motifs is 5. The van der Waals surface area contributed by atoms with Crippen LogP contribution in [-0.2, 0) is 47.5 Å². The largest absolute Gasteiger partial charge is 0.462 e. The van der Waals surface area contributed by atoms with Crippen LogP contribution in [0.1, 0.15) is 85.5 Å². The van der Waals surface area contributed by atoms with E-state index >= 15 is 0 Å². The number of piperazine rings is 1. The van der Waals surface area contributed by atoms with Crippen molar-refractivity contribution in [1.82, 2.24) is 15.1 Å². The van der Waals surface area contributed by atoms with E-state index in [-0.39, 0.29) is 96.5 Å². The number of likely N-dealkylation sites (N-methyl/N-ethyl adjacent to an activating group) is 1. The molecule has 3 aliphatic carbocycles. The maximum Gasteiger partial charge on any atom is 0.306 e. The van der Waals surface area contributed by atoms with E-state index in [1.807, 2.05) is 13.8 Å². The number of carbonyl (C=O) groups is 2. The Kier molecular flexibility index (Phi) is 16.6. The van der Waals surface area contributed by atoms with Gasteiger partial charge >= 0.3 is 5.97 Å². The number of aliphatic hydroxyl groups is 1. The minimum absolute atomic E-state index is 0.0194. The molecule has 0 bridgehead atoms. The molecule has 4 saturated heterocycles. The van der Waals surface area contributed by atoms with E-state index in [0.717, 1.165) is 70.3 Å². The number of hydrogen-bond donors (Lipinski definition) is 2. The van der Waals surface area contributed by atoms with Gasteiger partial charge in [-0.1, -0.05) is 32.1 Å². The van der Waals surface area contributed by atoms with Crippen molar-refractivity contribution in [2.75, 3.05) is 67.6 Å². The third kappa shape index (κ3) is 10.8. The number of nitrogens with one attached hydrogen (secondary N) is 1. The Morgan fingerprint density at radius 2 is 1.66 bits per heavy atom. The van der Waals surface area contributed by atoms with Crippen LogP contribution >= 0.6 is 0 Å². The first-order chi connectivity index (χ1) is 29.4. The predicted octanol–water partition coefficient (Wildman–Crippen LogP) is 4.12. The van der Waals surface area contributed by atoms with E-state index in [4.69, 9.17) is 37.9 Å². The number of ketones is 1. The molecule has 2 unspecified atom stereocenters. The fourth-order valence-corrected chi connectivity index (χ4v) is 12.0. The number of allylic oxidation sites excluding steroid dienone is 4. The molecule has 7 aliphatic rings. The molecule has 4 heterocycles. The highest BCUT2D eigenvalue weighted by atomic mass is 16.7. The van der Waals surface area contributed by atoms with Crippen LogP contribution in [0.5, 0.6) is 0 Å². The van der Waals surface area contributed by atoms with Gasteiger partial charge in [-0.3, -0.25) is 19.4 Å². The van der Waals surface area contributed by atoms with Gasteiger partial charge in [0.25, 0.3) is 0 Å². The average molecular weight is 860 g/mol. The fraction of sp³-hybridized carbons (Fsp3) is 0.872. The first-order valence-corrected chi connectivity index (χ1v) is 23.6. The number of nitrogens with zero attached hydrogens (tertiary/aromatic N) is 2. The van der Waals surface area contributed by atoms with Gasteiger partial charge in [-0.2, -0.15) is 0 Å². The van der Waals surface area contributed by atoms with Crippen molar-refractivity contribution < 1.29 is 52.6 Å². The van der Waals surface area contributed by atoms with E-state index in [1.54, 1.807) is 21.3 Å². The first-order valence-electron chi connectivity index (χ1n) is 23.6. The summed E-state index contributed by atoms with van der Waals surface area (Å²) in [5.74, 6) is -0.192. The van der Waals surface area contributed by atoms with E-state index in [2.05, 4.69) is 54.2 Å². The molecule has 346 valence electrons. The summed E-state index contributed by atoms with van der Waals surface area (Å²) in [5.41, 5.74) is 0.743. The smallest absolute Gasteiger partial charge is 0.306 e. The predicted molar refractivity (Wildman–Crippen MR) is 228 cm³/mol. The van der Waals surface area contributed by atoms with Gasteiger partial charge in [-0.25, -0.2) is 0 Å². The summed E-state index contributed by atoms with van der Waals surface area (Å²) in [6, 6.07) is 0.156. The number of cyclic esters (lactones) is 1. The summed E-state index contributed by atoms with van der Waals surface area (Å²) < 4.78 is 50.0. The van der Waals surface area contributed by atoms with Gasteiger partial charge in [0.15, 0.2) is 18.4 Å². The Bertz CT molecular complexity index is 1510. The minimum Gasteiger partial charge on any atom is -0.462 e. The second-order valence-corrected chi connectivity index (χ2v) is 19.2. The quantitative estimate of drug-likeness (QED) is 0.202. The Morgan fingerprint density at radius 3 is 2.36 bits per heavy atom. The lowest BCUT2D eigenvalue weighted by Crippen LogP contribution is -2.59. The van der Waals surface area contributed by atoms with Crippen molar-refractivity contribution in [1.29, 1.82) is 0 Å². The van der Waals surface area contributed by atoms with Crippen LogP contribution in [0.3, 0.4) is 0 Å². The Balaban J connectivity index is 1.02. The van der Waals surface area contributed by atoms with Crippen molar-refractivity contribution in [3.05, 3.63) is 23.8 Å². The van der Waals surface area contributed by atoms with Crippen LogP contribution in [0.25, 0.3) is 0 Å². The molecule has 18 atom stereocenters. The van der Waals surface area contributed by atoms with Crippen LogP contribution in [0, 0.1) is 35.5 Å². The van der Waals surface area contributed by atoms with Crippen molar-refractivity contribution in [3.8, 4) is 0 Å². The summed E-state index contributed by atoms with van der Waals surface area (Å²) >= 11 is 0. The molecule has 2 N–H and O–H groups in total. The summed E-state index contributed by atoms with van der Waals surface area (Å²) in [7, 11) is 7.04. The zero-order valence-corrected chi connectivity index (χ0v) is 38.2. The van der Waals surface area contributed by atoms with Crippen LogP contribution in [0.15, 0.2) is 23.8 Å². The molecule has 0 aromatic heterocycles. The third-order valence-corrected chi connectivity index (χ3v) is 15.3. The second kappa shape index (κ2) is 21.4. The molecular formula is C47H77N3O11. The lowest BCUT2D eigenvalue weighted by Gasteiger charge is -2.44. The van der Waals surface area contributed by atoms with Crippen LogP contribution in [0.4, 0.5) is 0 Å².